The van der Waals surface area contributed by atoms with E-state index in [2.05, 4.69) is 21.2 Å². The highest BCUT2D eigenvalue weighted by atomic mass is 79.9. The molecule has 1 atom stereocenters. The maximum absolute atomic E-state index is 3.46. The topological polar surface area (TPSA) is 12.0 Å². The Morgan fingerprint density at radius 2 is 2.57 bits per heavy atom. The van der Waals surface area contributed by atoms with Gasteiger partial charge in [-0.2, -0.15) is 11.8 Å². The highest BCUT2D eigenvalue weighted by molar-refractivity contribution is 9.09. The Labute approximate surface area is 56.4 Å². The van der Waals surface area contributed by atoms with Crippen LogP contribution in [0.4, 0.5) is 0 Å². The van der Waals surface area contributed by atoms with E-state index in [-0.39, 0.29) is 0 Å². The first-order chi connectivity index (χ1) is 3.39. The molecule has 1 heterocycles. The van der Waals surface area contributed by atoms with E-state index < -0.39 is 0 Å². The van der Waals surface area contributed by atoms with Gasteiger partial charge in [0.1, 0.15) is 0 Å². The van der Waals surface area contributed by atoms with Crippen LogP contribution in [-0.2, 0) is 0 Å². The third-order valence-electron chi connectivity index (χ3n) is 0.876. The van der Waals surface area contributed by atoms with Crippen LogP contribution in [0, 0.1) is 0 Å². The first kappa shape index (κ1) is 5.92. The van der Waals surface area contributed by atoms with Crippen LogP contribution in [0.2, 0.25) is 0 Å². The fourth-order valence-corrected chi connectivity index (χ4v) is 2.08. The van der Waals surface area contributed by atoms with Crippen molar-refractivity contribution in [3.63, 3.8) is 0 Å². The number of nitrogens with one attached hydrogen (secondary N) is 1. The summed E-state index contributed by atoms with van der Waals surface area (Å²) in [6.45, 7) is 1.15. The monoisotopic (exact) mass is 181 g/mol. The normalized spacial score (nSPS) is 33.0. The van der Waals surface area contributed by atoms with Crippen molar-refractivity contribution in [2.75, 3.05) is 18.1 Å². The molecule has 0 aliphatic carbocycles. The molecular formula is C4H8BrNS. The minimum absolute atomic E-state index is 0.561. The van der Waals surface area contributed by atoms with Crippen molar-refractivity contribution >= 4 is 27.7 Å². The number of rotatable bonds is 0. The van der Waals surface area contributed by atoms with Crippen LogP contribution in [0.5, 0.6) is 0 Å². The van der Waals surface area contributed by atoms with Gasteiger partial charge >= 0.3 is 0 Å². The van der Waals surface area contributed by atoms with E-state index in [1.807, 2.05) is 11.8 Å². The molecular weight excluding hydrogens is 174 g/mol. The van der Waals surface area contributed by atoms with Gasteiger partial charge in [-0.3, -0.25) is 0 Å². The molecule has 1 nitrogen and oxygen atoms in total. The lowest BCUT2D eigenvalue weighted by molar-refractivity contribution is 0.724. The van der Waals surface area contributed by atoms with E-state index in [1.54, 1.807) is 0 Å². The average molecular weight is 182 g/mol. The van der Waals surface area contributed by atoms with Gasteiger partial charge in [0.25, 0.3) is 0 Å². The van der Waals surface area contributed by atoms with Crippen molar-refractivity contribution in [2.45, 2.75) is 4.95 Å². The molecule has 7 heavy (non-hydrogen) atoms. The lowest BCUT2D eigenvalue weighted by Gasteiger charge is -2.16. The minimum atomic E-state index is 0.561. The lowest BCUT2D eigenvalue weighted by Crippen LogP contribution is -2.32. The van der Waals surface area contributed by atoms with E-state index in [9.17, 15) is 0 Å². The average Bonchev–Trinajstić information content (AvgIpc) is 1.69. The molecule has 1 saturated heterocycles. The molecule has 0 aromatic heterocycles. The zero-order valence-corrected chi connectivity index (χ0v) is 6.39. The van der Waals surface area contributed by atoms with Crippen molar-refractivity contribution in [3.8, 4) is 0 Å². The highest BCUT2D eigenvalue weighted by Gasteiger charge is 2.06. The third kappa shape index (κ3) is 2.02. The molecule has 0 radical (unpaired) electrons. The van der Waals surface area contributed by atoms with Crippen molar-refractivity contribution in [1.82, 2.24) is 5.32 Å². The number of halogens is 1. The predicted octanol–water partition coefficient (Wildman–Crippen LogP) is 1.04. The van der Waals surface area contributed by atoms with Gasteiger partial charge in [-0.05, 0) is 0 Å². The molecule has 1 rings (SSSR count). The van der Waals surface area contributed by atoms with Gasteiger partial charge in [-0.15, -0.1) is 0 Å². The van der Waals surface area contributed by atoms with E-state index in [0.29, 0.717) is 4.95 Å². The maximum atomic E-state index is 3.46. The first-order valence-electron chi connectivity index (χ1n) is 2.35. The van der Waals surface area contributed by atoms with Gasteiger partial charge in [0.15, 0.2) is 0 Å². The molecule has 1 N–H and O–H groups in total. The molecule has 0 spiro atoms. The van der Waals surface area contributed by atoms with Crippen molar-refractivity contribution in [1.29, 1.82) is 0 Å². The van der Waals surface area contributed by atoms with Gasteiger partial charge in [0, 0.05) is 18.1 Å². The second kappa shape index (κ2) is 2.95. The Hall–Kier alpha value is 0.790. The summed E-state index contributed by atoms with van der Waals surface area (Å²) in [7, 11) is 0. The van der Waals surface area contributed by atoms with Crippen molar-refractivity contribution < 1.29 is 0 Å². The summed E-state index contributed by atoms with van der Waals surface area (Å²) in [4.78, 5) is 0.561. The summed E-state index contributed by atoms with van der Waals surface area (Å²) in [6.07, 6.45) is 0. The van der Waals surface area contributed by atoms with Gasteiger partial charge in [0.05, 0.1) is 4.95 Å². The van der Waals surface area contributed by atoms with Gasteiger partial charge in [-0.1, -0.05) is 15.9 Å². The number of hydrogen-bond donors (Lipinski definition) is 1. The minimum Gasteiger partial charge on any atom is -0.303 e. The fraction of sp³-hybridized carbons (Fsp3) is 1.00. The molecule has 0 amide bonds. The Kier molecular flexibility index (Phi) is 2.49. The van der Waals surface area contributed by atoms with Crippen molar-refractivity contribution in [3.05, 3.63) is 0 Å². The predicted molar refractivity (Wildman–Crippen MR) is 38.0 cm³/mol. The summed E-state index contributed by atoms with van der Waals surface area (Å²) < 4.78 is 0. The molecule has 3 heteroatoms. The van der Waals surface area contributed by atoms with E-state index >= 15 is 0 Å². The molecule has 0 saturated carbocycles. The summed E-state index contributed by atoms with van der Waals surface area (Å²) in [6, 6.07) is 0. The van der Waals surface area contributed by atoms with Crippen LogP contribution in [0.25, 0.3) is 0 Å². The van der Waals surface area contributed by atoms with Crippen LogP contribution in [-0.4, -0.2) is 23.0 Å². The zero-order valence-electron chi connectivity index (χ0n) is 3.98. The van der Waals surface area contributed by atoms with E-state index in [1.165, 1.54) is 11.5 Å². The molecule has 1 aliphatic heterocycles. The van der Waals surface area contributed by atoms with Gasteiger partial charge in [-0.25, -0.2) is 0 Å². The lowest BCUT2D eigenvalue weighted by atomic mass is 10.6. The number of alkyl halides is 1. The van der Waals surface area contributed by atoms with Crippen LogP contribution < -0.4 is 5.32 Å². The van der Waals surface area contributed by atoms with E-state index in [0.717, 1.165) is 6.54 Å². The van der Waals surface area contributed by atoms with Gasteiger partial charge in [0.2, 0.25) is 0 Å². The standard InChI is InChI=1S/C4H8BrNS/c5-4-3-7-2-1-6-4/h4,6H,1-3H2. The first-order valence-corrected chi connectivity index (χ1v) is 4.42. The maximum Gasteiger partial charge on any atom is 0.0722 e. The van der Waals surface area contributed by atoms with Crippen LogP contribution in [0.3, 0.4) is 0 Å². The zero-order chi connectivity index (χ0) is 5.11. The second-order valence-electron chi connectivity index (χ2n) is 1.50. The van der Waals surface area contributed by atoms with E-state index in [4.69, 9.17) is 0 Å². The van der Waals surface area contributed by atoms with Crippen molar-refractivity contribution in [2.24, 2.45) is 0 Å². The SMILES string of the molecule is BrC1CSCCN1. The quantitative estimate of drug-likeness (QED) is 0.443. The fourth-order valence-electron chi connectivity index (χ4n) is 0.533. The summed E-state index contributed by atoms with van der Waals surface area (Å²) >= 11 is 5.45. The molecule has 1 unspecified atom stereocenters. The van der Waals surface area contributed by atoms with Crippen LogP contribution >= 0.6 is 27.7 Å². The molecule has 1 fully saturated rings. The Bertz CT molecular complexity index is 53.7. The highest BCUT2D eigenvalue weighted by Crippen LogP contribution is 2.10. The largest absolute Gasteiger partial charge is 0.303 e. The van der Waals surface area contributed by atoms with Crippen LogP contribution in [0.15, 0.2) is 0 Å². The summed E-state index contributed by atoms with van der Waals surface area (Å²) in [5.74, 6) is 2.47. The number of hydrogen-bond acceptors (Lipinski definition) is 2. The smallest absolute Gasteiger partial charge is 0.0722 e. The Balaban J connectivity index is 2.12. The summed E-state index contributed by atoms with van der Waals surface area (Å²) in [5, 5.41) is 3.28. The molecule has 42 valence electrons. The molecule has 0 aromatic rings. The Morgan fingerprint density at radius 3 is 2.86 bits per heavy atom. The molecule has 1 aliphatic rings. The second-order valence-corrected chi connectivity index (χ2v) is 3.75. The third-order valence-corrected chi connectivity index (χ3v) is 3.01. The summed E-state index contributed by atoms with van der Waals surface area (Å²) in [5.41, 5.74) is 0. The molecule has 0 aromatic carbocycles. The van der Waals surface area contributed by atoms with Crippen LogP contribution in [0.1, 0.15) is 0 Å². The number of thioether (sulfide) groups is 1. The van der Waals surface area contributed by atoms with Gasteiger partial charge < -0.3 is 5.32 Å². The molecule has 0 bridgehead atoms. The Morgan fingerprint density at radius 1 is 1.71 bits per heavy atom.